The highest BCUT2D eigenvalue weighted by atomic mass is 79.9. The molecular formula is C21H19BrN4OS. The van der Waals surface area contributed by atoms with Gasteiger partial charge in [0.2, 0.25) is 0 Å². The van der Waals surface area contributed by atoms with Crippen molar-refractivity contribution in [3.63, 3.8) is 0 Å². The van der Waals surface area contributed by atoms with E-state index in [2.05, 4.69) is 63.3 Å². The summed E-state index contributed by atoms with van der Waals surface area (Å²) in [6, 6.07) is 8.24. The van der Waals surface area contributed by atoms with Gasteiger partial charge < -0.3 is 0 Å². The van der Waals surface area contributed by atoms with Crippen LogP contribution in [0.15, 0.2) is 40.3 Å². The minimum absolute atomic E-state index is 0.219. The second kappa shape index (κ2) is 7.14. The molecule has 142 valence electrons. The number of nitrogens with one attached hydrogen (secondary N) is 1. The molecule has 1 amide bonds. The highest BCUT2D eigenvalue weighted by molar-refractivity contribution is 9.10. The van der Waals surface area contributed by atoms with Gasteiger partial charge in [-0.05, 0) is 72.4 Å². The van der Waals surface area contributed by atoms with Crippen molar-refractivity contribution in [1.82, 2.24) is 14.4 Å². The van der Waals surface area contributed by atoms with E-state index in [9.17, 15) is 4.79 Å². The van der Waals surface area contributed by atoms with Crippen LogP contribution in [-0.4, -0.2) is 20.3 Å². The molecule has 5 nitrogen and oxygen atoms in total. The number of halogens is 1. The zero-order valence-corrected chi connectivity index (χ0v) is 18.4. The number of hydrogen-bond acceptors (Lipinski definition) is 4. The predicted molar refractivity (Wildman–Crippen MR) is 117 cm³/mol. The predicted octanol–water partition coefficient (Wildman–Crippen LogP) is 5.71. The first-order valence-corrected chi connectivity index (χ1v) is 10.5. The number of carbonyl (C=O) groups is 1. The van der Waals surface area contributed by atoms with E-state index in [1.54, 1.807) is 0 Å². The monoisotopic (exact) mass is 454 g/mol. The fourth-order valence-electron chi connectivity index (χ4n) is 3.14. The van der Waals surface area contributed by atoms with E-state index in [0.717, 1.165) is 26.9 Å². The summed E-state index contributed by atoms with van der Waals surface area (Å²) in [6.07, 6.45) is 1.91. The average Bonchev–Trinajstić information content (AvgIpc) is 3.21. The lowest BCUT2D eigenvalue weighted by atomic mass is 10.1. The molecule has 7 heteroatoms. The van der Waals surface area contributed by atoms with Crippen molar-refractivity contribution >= 4 is 44.0 Å². The van der Waals surface area contributed by atoms with E-state index >= 15 is 0 Å². The largest absolute Gasteiger partial charge is 0.296 e. The van der Waals surface area contributed by atoms with Crippen molar-refractivity contribution in [1.29, 1.82) is 0 Å². The SMILES string of the molecule is Cc1cc(Br)c2nc(C)c(C(=O)Nc3nc(-c4ccc(C)c(C)c4)cs3)n2c1. The lowest BCUT2D eigenvalue weighted by molar-refractivity contribution is 0.102. The third-order valence-corrected chi connectivity index (χ3v) is 6.07. The molecule has 0 saturated heterocycles. The zero-order valence-electron chi connectivity index (χ0n) is 16.0. The summed E-state index contributed by atoms with van der Waals surface area (Å²) in [4.78, 5) is 22.1. The standard InChI is InChI=1S/C21H19BrN4OS/c1-11-7-16(22)19-23-14(4)18(26(19)9-11)20(27)25-21-24-17(10-28-21)15-6-5-12(2)13(3)8-15/h5-10H,1-4H3,(H,24,25,27). The van der Waals surface area contributed by atoms with Gasteiger partial charge in [-0.15, -0.1) is 11.3 Å². The molecule has 0 aliphatic carbocycles. The van der Waals surface area contributed by atoms with Crippen LogP contribution >= 0.6 is 27.3 Å². The molecule has 0 unspecified atom stereocenters. The van der Waals surface area contributed by atoms with Crippen LogP contribution in [0.1, 0.15) is 32.9 Å². The molecule has 0 aliphatic rings. The molecule has 28 heavy (non-hydrogen) atoms. The summed E-state index contributed by atoms with van der Waals surface area (Å²) >= 11 is 4.94. The van der Waals surface area contributed by atoms with Gasteiger partial charge in [0.05, 0.1) is 15.9 Å². The number of fused-ring (bicyclic) bond motifs is 1. The fourth-order valence-corrected chi connectivity index (χ4v) is 4.50. The number of hydrogen-bond donors (Lipinski definition) is 1. The topological polar surface area (TPSA) is 59.3 Å². The fraction of sp³-hybridized carbons (Fsp3) is 0.190. The number of amides is 1. The smallest absolute Gasteiger partial charge is 0.276 e. The number of carbonyl (C=O) groups excluding carboxylic acids is 1. The normalized spacial score (nSPS) is 11.2. The molecule has 4 aromatic rings. The maximum atomic E-state index is 13.0. The number of nitrogens with zero attached hydrogens (tertiary/aromatic N) is 3. The van der Waals surface area contributed by atoms with Crippen LogP contribution in [0.5, 0.6) is 0 Å². The lowest BCUT2D eigenvalue weighted by Gasteiger charge is -2.05. The Labute approximate surface area is 175 Å². The molecule has 0 aliphatic heterocycles. The summed E-state index contributed by atoms with van der Waals surface area (Å²) in [7, 11) is 0. The number of benzene rings is 1. The molecule has 3 heterocycles. The minimum atomic E-state index is -0.219. The van der Waals surface area contributed by atoms with Crippen molar-refractivity contribution in [2.24, 2.45) is 0 Å². The van der Waals surface area contributed by atoms with E-state index in [0.29, 0.717) is 16.5 Å². The van der Waals surface area contributed by atoms with Gasteiger partial charge in [0, 0.05) is 17.1 Å². The molecule has 0 atom stereocenters. The average molecular weight is 455 g/mol. The Kier molecular flexibility index (Phi) is 4.81. The number of anilines is 1. The Balaban J connectivity index is 1.65. The highest BCUT2D eigenvalue weighted by Gasteiger charge is 2.19. The molecule has 1 aromatic carbocycles. The number of aromatic nitrogens is 3. The van der Waals surface area contributed by atoms with E-state index in [4.69, 9.17) is 0 Å². The van der Waals surface area contributed by atoms with Crippen LogP contribution in [0.4, 0.5) is 5.13 Å². The molecule has 3 aromatic heterocycles. The quantitative estimate of drug-likeness (QED) is 0.431. The van der Waals surface area contributed by atoms with Crippen LogP contribution in [0.3, 0.4) is 0 Å². The lowest BCUT2D eigenvalue weighted by Crippen LogP contribution is -2.15. The Morgan fingerprint density at radius 3 is 2.64 bits per heavy atom. The van der Waals surface area contributed by atoms with Crippen molar-refractivity contribution < 1.29 is 4.79 Å². The highest BCUT2D eigenvalue weighted by Crippen LogP contribution is 2.28. The first-order chi connectivity index (χ1) is 13.3. The van der Waals surface area contributed by atoms with E-state index < -0.39 is 0 Å². The van der Waals surface area contributed by atoms with Crippen molar-refractivity contribution in [3.8, 4) is 11.3 Å². The van der Waals surface area contributed by atoms with Gasteiger partial charge in [-0.25, -0.2) is 9.97 Å². The zero-order chi connectivity index (χ0) is 20.0. The van der Waals surface area contributed by atoms with E-state index in [-0.39, 0.29) is 5.91 Å². The van der Waals surface area contributed by atoms with Crippen LogP contribution in [0, 0.1) is 27.7 Å². The van der Waals surface area contributed by atoms with Gasteiger partial charge in [-0.1, -0.05) is 12.1 Å². The Bertz CT molecular complexity index is 1220. The second-order valence-electron chi connectivity index (χ2n) is 6.90. The molecule has 0 radical (unpaired) electrons. The number of pyridine rings is 1. The molecule has 0 bridgehead atoms. The summed E-state index contributed by atoms with van der Waals surface area (Å²) < 4.78 is 2.68. The van der Waals surface area contributed by atoms with Gasteiger partial charge in [-0.3, -0.25) is 14.5 Å². The van der Waals surface area contributed by atoms with Crippen molar-refractivity contribution in [2.75, 3.05) is 5.32 Å². The molecule has 0 saturated carbocycles. The third kappa shape index (κ3) is 3.36. The molecule has 0 spiro atoms. The van der Waals surface area contributed by atoms with Crippen LogP contribution < -0.4 is 5.32 Å². The van der Waals surface area contributed by atoms with Crippen LogP contribution in [-0.2, 0) is 0 Å². The van der Waals surface area contributed by atoms with Gasteiger partial charge in [0.15, 0.2) is 10.8 Å². The van der Waals surface area contributed by atoms with E-state index in [1.165, 1.54) is 22.5 Å². The number of thiazole rings is 1. The molecule has 0 fully saturated rings. The minimum Gasteiger partial charge on any atom is -0.296 e. The number of imidazole rings is 1. The maximum Gasteiger partial charge on any atom is 0.276 e. The maximum absolute atomic E-state index is 13.0. The summed E-state index contributed by atoms with van der Waals surface area (Å²) in [5.41, 5.74) is 7.33. The Morgan fingerprint density at radius 1 is 1.11 bits per heavy atom. The van der Waals surface area contributed by atoms with Crippen LogP contribution in [0.25, 0.3) is 16.9 Å². The van der Waals surface area contributed by atoms with Gasteiger partial charge in [0.1, 0.15) is 5.69 Å². The van der Waals surface area contributed by atoms with E-state index in [1.807, 2.05) is 35.9 Å². The molecule has 4 rings (SSSR count). The Morgan fingerprint density at radius 2 is 1.89 bits per heavy atom. The summed E-state index contributed by atoms with van der Waals surface area (Å²) in [6.45, 7) is 8.00. The number of aryl methyl sites for hydroxylation is 4. The summed E-state index contributed by atoms with van der Waals surface area (Å²) in [5, 5.41) is 5.45. The van der Waals surface area contributed by atoms with Crippen molar-refractivity contribution in [3.05, 3.63) is 68.4 Å². The van der Waals surface area contributed by atoms with Crippen molar-refractivity contribution in [2.45, 2.75) is 27.7 Å². The first kappa shape index (κ1) is 18.8. The molecule has 1 N–H and O–H groups in total. The first-order valence-electron chi connectivity index (χ1n) is 8.83. The molecular weight excluding hydrogens is 436 g/mol. The summed E-state index contributed by atoms with van der Waals surface area (Å²) in [5.74, 6) is -0.219. The Hall–Kier alpha value is -2.51. The third-order valence-electron chi connectivity index (χ3n) is 4.73. The number of rotatable bonds is 3. The van der Waals surface area contributed by atoms with Crippen LogP contribution in [0.2, 0.25) is 0 Å². The van der Waals surface area contributed by atoms with Gasteiger partial charge >= 0.3 is 0 Å². The van der Waals surface area contributed by atoms with Gasteiger partial charge in [0.25, 0.3) is 5.91 Å². The second-order valence-corrected chi connectivity index (χ2v) is 8.61. The van der Waals surface area contributed by atoms with Gasteiger partial charge in [-0.2, -0.15) is 0 Å².